The molecule has 23 heavy (non-hydrogen) atoms. The van der Waals surface area contributed by atoms with Crippen molar-refractivity contribution in [3.05, 3.63) is 89.5 Å². The molecule has 0 amide bonds. The lowest BCUT2D eigenvalue weighted by Crippen LogP contribution is -2.26. The van der Waals surface area contributed by atoms with Crippen LogP contribution in [0.15, 0.2) is 88.4 Å². The van der Waals surface area contributed by atoms with Gasteiger partial charge in [-0.15, -0.1) is 0 Å². The van der Waals surface area contributed by atoms with Crippen molar-refractivity contribution in [3.8, 4) is 0 Å². The van der Waals surface area contributed by atoms with Crippen LogP contribution in [-0.2, 0) is 0 Å². The minimum absolute atomic E-state index is 0.845. The highest BCUT2D eigenvalue weighted by Gasteiger charge is 2.09. The maximum Gasteiger partial charge on any atom is 0.181 e. The summed E-state index contributed by atoms with van der Waals surface area (Å²) >= 11 is 0. The van der Waals surface area contributed by atoms with E-state index in [4.69, 9.17) is 4.42 Å². The van der Waals surface area contributed by atoms with Gasteiger partial charge in [0.05, 0.1) is 17.3 Å². The lowest BCUT2D eigenvalue weighted by molar-refractivity contribution is 0.602. The zero-order valence-corrected chi connectivity index (χ0v) is 12.5. The highest BCUT2D eigenvalue weighted by Crippen LogP contribution is 2.14. The molecule has 2 aliphatic heterocycles. The fraction of sp³-hybridized carbons (Fsp3) is 0.0526. The molecule has 0 saturated carbocycles. The molecule has 0 spiro atoms. The molecule has 4 nitrogen and oxygen atoms in total. The van der Waals surface area contributed by atoms with Crippen molar-refractivity contribution < 1.29 is 4.42 Å². The van der Waals surface area contributed by atoms with Crippen LogP contribution in [0.4, 0.5) is 0 Å². The Morgan fingerprint density at radius 1 is 1.00 bits per heavy atom. The molecule has 3 heterocycles. The normalized spacial score (nSPS) is 14.6. The molecule has 3 aromatic rings. The molecule has 4 heteroatoms. The van der Waals surface area contributed by atoms with Crippen LogP contribution in [0, 0.1) is 0 Å². The van der Waals surface area contributed by atoms with Gasteiger partial charge in [-0.2, -0.15) is 0 Å². The number of oxazole rings is 1. The number of rotatable bonds is 0. The molecule has 0 atom stereocenters. The Labute approximate surface area is 133 Å². The number of para-hydroxylation sites is 3. The molecule has 5 rings (SSSR count). The molecule has 1 aromatic heterocycles. The van der Waals surface area contributed by atoms with Gasteiger partial charge in [-0.3, -0.25) is 4.99 Å². The SMILES string of the molecule is C1=CC2=CN=c3ccccc3=CN2C1.c1ccc2ocnc2c1. The first kappa shape index (κ1) is 13.5. The molecule has 0 radical (unpaired) electrons. The minimum atomic E-state index is 0.845. The second-order valence-corrected chi connectivity index (χ2v) is 5.25. The number of allylic oxidation sites excluding steroid dienone is 1. The number of benzene rings is 2. The van der Waals surface area contributed by atoms with Crippen LogP contribution >= 0.6 is 0 Å². The van der Waals surface area contributed by atoms with Crippen LogP contribution in [0.1, 0.15) is 0 Å². The first-order valence-corrected chi connectivity index (χ1v) is 7.46. The van der Waals surface area contributed by atoms with Crippen molar-refractivity contribution in [1.29, 1.82) is 0 Å². The van der Waals surface area contributed by atoms with E-state index in [1.165, 1.54) is 17.3 Å². The van der Waals surface area contributed by atoms with Crippen LogP contribution in [-0.4, -0.2) is 16.4 Å². The lowest BCUT2D eigenvalue weighted by atomic mass is 10.3. The van der Waals surface area contributed by atoms with E-state index in [0.717, 1.165) is 23.0 Å². The van der Waals surface area contributed by atoms with Gasteiger partial charge in [-0.05, 0) is 24.3 Å². The average Bonchev–Trinajstić information content (AvgIpc) is 3.21. The van der Waals surface area contributed by atoms with E-state index in [0.29, 0.717) is 0 Å². The number of fused-ring (bicyclic) bond motifs is 3. The molecular formula is C19H15N3O. The summed E-state index contributed by atoms with van der Waals surface area (Å²) in [5.41, 5.74) is 2.93. The van der Waals surface area contributed by atoms with Crippen LogP contribution in [0.3, 0.4) is 0 Å². The number of nitrogens with zero attached hydrogens (tertiary/aromatic N) is 3. The van der Waals surface area contributed by atoms with Crippen molar-refractivity contribution in [3.63, 3.8) is 0 Å². The van der Waals surface area contributed by atoms with Gasteiger partial charge in [0.25, 0.3) is 0 Å². The average molecular weight is 301 g/mol. The third-order valence-corrected chi connectivity index (χ3v) is 3.73. The molecule has 0 unspecified atom stereocenters. The lowest BCUT2D eigenvalue weighted by Gasteiger charge is -2.11. The molecular weight excluding hydrogens is 286 g/mol. The van der Waals surface area contributed by atoms with Gasteiger partial charge in [0.2, 0.25) is 0 Å². The van der Waals surface area contributed by atoms with Crippen LogP contribution in [0.2, 0.25) is 0 Å². The topological polar surface area (TPSA) is 41.6 Å². The van der Waals surface area contributed by atoms with E-state index in [1.54, 1.807) is 0 Å². The standard InChI is InChI=1S/C12H10N2.C7H5NO/c1-2-6-12-10(4-1)9-14-7-3-5-11(14)8-13-12;1-2-4-7-6(3-1)8-5-9-7/h1-6,8-9H,7H2;1-5H. The van der Waals surface area contributed by atoms with Crippen molar-refractivity contribution in [2.24, 2.45) is 4.99 Å². The molecule has 0 fully saturated rings. The molecule has 0 bridgehead atoms. The summed E-state index contributed by atoms with van der Waals surface area (Å²) in [6.07, 6.45) is 9.77. The Kier molecular flexibility index (Phi) is 3.48. The van der Waals surface area contributed by atoms with Crippen LogP contribution in [0.5, 0.6) is 0 Å². The van der Waals surface area contributed by atoms with Gasteiger partial charge in [0.1, 0.15) is 5.52 Å². The van der Waals surface area contributed by atoms with E-state index in [1.807, 2.05) is 48.7 Å². The fourth-order valence-corrected chi connectivity index (χ4v) is 2.55. The van der Waals surface area contributed by atoms with E-state index in [2.05, 4.69) is 39.3 Å². The van der Waals surface area contributed by atoms with Gasteiger partial charge < -0.3 is 9.32 Å². The molecule has 0 saturated heterocycles. The van der Waals surface area contributed by atoms with E-state index in [9.17, 15) is 0 Å². The summed E-state index contributed by atoms with van der Waals surface area (Å²) in [6.45, 7) is 0.954. The minimum Gasteiger partial charge on any atom is -0.443 e. The first-order valence-electron chi connectivity index (χ1n) is 7.46. The summed E-state index contributed by atoms with van der Waals surface area (Å²) < 4.78 is 5.01. The van der Waals surface area contributed by atoms with Crippen LogP contribution < -0.4 is 10.6 Å². The summed E-state index contributed by atoms with van der Waals surface area (Å²) in [5.74, 6) is 0. The molecule has 112 valence electrons. The molecule has 2 aromatic carbocycles. The largest absolute Gasteiger partial charge is 0.443 e. The van der Waals surface area contributed by atoms with Crippen LogP contribution in [0.25, 0.3) is 17.3 Å². The maximum atomic E-state index is 5.01. The third kappa shape index (κ3) is 2.79. The molecule has 2 aliphatic rings. The van der Waals surface area contributed by atoms with Gasteiger partial charge >= 0.3 is 0 Å². The highest BCUT2D eigenvalue weighted by atomic mass is 16.3. The fourth-order valence-electron chi connectivity index (χ4n) is 2.55. The van der Waals surface area contributed by atoms with Gasteiger partial charge in [-0.1, -0.05) is 36.4 Å². The zero-order chi connectivity index (χ0) is 15.5. The predicted molar refractivity (Wildman–Crippen MR) is 89.6 cm³/mol. The van der Waals surface area contributed by atoms with E-state index >= 15 is 0 Å². The quantitative estimate of drug-likeness (QED) is 0.641. The second kappa shape index (κ2) is 5.93. The number of aromatic nitrogens is 1. The second-order valence-electron chi connectivity index (χ2n) is 5.25. The Hall–Kier alpha value is -3.14. The van der Waals surface area contributed by atoms with Crippen molar-refractivity contribution >= 4 is 17.3 Å². The Balaban J connectivity index is 0.000000130. The van der Waals surface area contributed by atoms with Crippen molar-refractivity contribution in [2.75, 3.05) is 6.54 Å². The Morgan fingerprint density at radius 3 is 2.83 bits per heavy atom. The summed E-state index contributed by atoms with van der Waals surface area (Å²) in [7, 11) is 0. The summed E-state index contributed by atoms with van der Waals surface area (Å²) in [6, 6.07) is 15.8. The third-order valence-electron chi connectivity index (χ3n) is 3.73. The molecule has 0 N–H and O–H groups in total. The Bertz CT molecular complexity index is 984. The number of hydrogen-bond donors (Lipinski definition) is 0. The Morgan fingerprint density at radius 2 is 1.87 bits per heavy atom. The monoisotopic (exact) mass is 301 g/mol. The number of hydrogen-bond acceptors (Lipinski definition) is 4. The highest BCUT2D eigenvalue weighted by molar-refractivity contribution is 5.71. The summed E-state index contributed by atoms with van der Waals surface area (Å²) in [5, 5.41) is 2.23. The first-order chi connectivity index (χ1) is 11.4. The smallest absolute Gasteiger partial charge is 0.181 e. The maximum absolute atomic E-state index is 5.01. The zero-order valence-electron chi connectivity index (χ0n) is 12.5. The predicted octanol–water partition coefficient (Wildman–Crippen LogP) is 2.60. The van der Waals surface area contributed by atoms with Gasteiger partial charge in [-0.25, -0.2) is 4.98 Å². The van der Waals surface area contributed by atoms with Crippen molar-refractivity contribution in [2.45, 2.75) is 0 Å². The van der Waals surface area contributed by atoms with E-state index < -0.39 is 0 Å². The molecule has 0 aliphatic carbocycles. The van der Waals surface area contributed by atoms with Gasteiger partial charge in [0.15, 0.2) is 12.0 Å². The summed E-state index contributed by atoms with van der Waals surface area (Å²) in [4.78, 5) is 10.6. The van der Waals surface area contributed by atoms with Crippen molar-refractivity contribution in [1.82, 2.24) is 9.88 Å². The van der Waals surface area contributed by atoms with Gasteiger partial charge in [0, 0.05) is 18.0 Å². The van der Waals surface area contributed by atoms with E-state index in [-0.39, 0.29) is 0 Å².